The van der Waals surface area contributed by atoms with Crippen molar-refractivity contribution in [1.82, 2.24) is 19.6 Å². The lowest BCUT2D eigenvalue weighted by Gasteiger charge is -2.04. The van der Waals surface area contributed by atoms with Gasteiger partial charge in [-0.2, -0.15) is 23.4 Å². The van der Waals surface area contributed by atoms with Crippen LogP contribution < -0.4 is 0 Å². The first kappa shape index (κ1) is 17.0. The van der Waals surface area contributed by atoms with Crippen LogP contribution in [0, 0.1) is 0 Å². The van der Waals surface area contributed by atoms with E-state index in [0.29, 0.717) is 10.7 Å². The molecule has 6 nitrogen and oxygen atoms in total. The molecule has 0 radical (unpaired) electrons. The fraction of sp³-hybridized carbons (Fsp3) is 0.133. The molecule has 0 saturated carbocycles. The minimum Gasteiger partial charge on any atom is -0.478 e. The van der Waals surface area contributed by atoms with Gasteiger partial charge in [0.2, 0.25) is 0 Å². The smallest absolute Gasteiger partial charge is 0.436 e. The molecule has 0 bridgehead atoms. The number of aromatic nitrogens is 4. The van der Waals surface area contributed by atoms with Gasteiger partial charge in [0.05, 0.1) is 5.69 Å². The van der Waals surface area contributed by atoms with Crippen molar-refractivity contribution in [3.63, 3.8) is 0 Å². The Morgan fingerprint density at radius 3 is 2.36 bits per heavy atom. The second-order valence-corrected chi connectivity index (χ2v) is 5.56. The summed E-state index contributed by atoms with van der Waals surface area (Å²) < 4.78 is 41.4. The van der Waals surface area contributed by atoms with Gasteiger partial charge in [-0.05, 0) is 30.3 Å². The maximum atomic E-state index is 13.0. The molecule has 0 saturated heterocycles. The molecule has 0 fully saturated rings. The van der Waals surface area contributed by atoms with Crippen molar-refractivity contribution in [3.8, 4) is 17.1 Å². The molecule has 130 valence electrons. The maximum Gasteiger partial charge on any atom is 0.436 e. The van der Waals surface area contributed by atoms with Crippen molar-refractivity contribution in [2.45, 2.75) is 6.18 Å². The zero-order valence-corrected chi connectivity index (χ0v) is 13.4. The summed E-state index contributed by atoms with van der Waals surface area (Å²) in [7, 11) is 1.23. The first-order chi connectivity index (χ1) is 11.7. The third-order valence-electron chi connectivity index (χ3n) is 3.45. The molecule has 0 aliphatic rings. The first-order valence-electron chi connectivity index (χ1n) is 6.88. The number of hydrogen-bond donors (Lipinski definition) is 1. The first-order valence-corrected chi connectivity index (χ1v) is 7.25. The highest BCUT2D eigenvalue weighted by Gasteiger charge is 2.41. The lowest BCUT2D eigenvalue weighted by molar-refractivity contribution is -0.141. The summed E-state index contributed by atoms with van der Waals surface area (Å²) >= 11 is 5.81. The molecule has 2 heterocycles. The van der Waals surface area contributed by atoms with Crippen LogP contribution in [0.25, 0.3) is 17.1 Å². The molecule has 0 aliphatic carbocycles. The van der Waals surface area contributed by atoms with Gasteiger partial charge in [0.1, 0.15) is 17.0 Å². The van der Waals surface area contributed by atoms with Crippen LogP contribution in [0.4, 0.5) is 13.2 Å². The molecular formula is C15H10ClF3N4O2. The summed E-state index contributed by atoms with van der Waals surface area (Å²) in [5.74, 6) is -1.73. The second kappa shape index (κ2) is 5.92. The Bertz CT molecular complexity index is 945. The number of alkyl halides is 3. The zero-order chi connectivity index (χ0) is 18.4. The van der Waals surface area contributed by atoms with Crippen molar-refractivity contribution in [2.75, 3.05) is 0 Å². The van der Waals surface area contributed by atoms with Crippen LogP contribution in [0.1, 0.15) is 16.1 Å². The van der Waals surface area contributed by atoms with Gasteiger partial charge in [-0.15, -0.1) is 0 Å². The van der Waals surface area contributed by atoms with Crippen LogP contribution in [0.2, 0.25) is 5.02 Å². The molecule has 0 spiro atoms. The summed E-state index contributed by atoms with van der Waals surface area (Å²) in [6.07, 6.45) is -3.38. The van der Waals surface area contributed by atoms with Crippen molar-refractivity contribution in [2.24, 2.45) is 7.05 Å². The van der Waals surface area contributed by atoms with E-state index in [1.54, 1.807) is 24.3 Å². The van der Waals surface area contributed by atoms with Crippen LogP contribution >= 0.6 is 11.6 Å². The Morgan fingerprint density at radius 2 is 1.80 bits per heavy atom. The van der Waals surface area contributed by atoms with Gasteiger partial charge in [-0.3, -0.25) is 4.68 Å². The third-order valence-corrected chi connectivity index (χ3v) is 3.70. The Balaban J connectivity index is 2.13. The lowest BCUT2D eigenvalue weighted by Crippen LogP contribution is -2.12. The number of aromatic carboxylic acids is 1. The minimum atomic E-state index is -4.89. The van der Waals surface area contributed by atoms with E-state index < -0.39 is 23.4 Å². The molecule has 3 rings (SSSR count). The number of benzene rings is 1. The predicted octanol–water partition coefficient (Wildman–Crippen LogP) is 3.64. The molecule has 2 aromatic heterocycles. The number of carboxylic acid groups (broad SMARTS) is 1. The fourth-order valence-corrected chi connectivity index (χ4v) is 2.53. The normalized spacial score (nSPS) is 11.7. The molecule has 3 aromatic rings. The topological polar surface area (TPSA) is 72.9 Å². The van der Waals surface area contributed by atoms with Crippen LogP contribution in [0.5, 0.6) is 0 Å². The van der Waals surface area contributed by atoms with E-state index >= 15 is 0 Å². The van der Waals surface area contributed by atoms with E-state index in [4.69, 9.17) is 11.6 Å². The molecule has 0 aliphatic heterocycles. The van der Waals surface area contributed by atoms with E-state index in [1.807, 2.05) is 0 Å². The fourth-order valence-electron chi connectivity index (χ4n) is 2.41. The SMILES string of the molecule is Cn1nc(C(F)(F)F)c(C(=O)O)c1-c1ccn(-c2ccc(Cl)cc2)n1. The molecular weight excluding hydrogens is 361 g/mol. The van der Waals surface area contributed by atoms with Gasteiger partial charge in [-0.25, -0.2) is 9.48 Å². The Labute approximate surface area is 144 Å². The standard InChI is InChI=1S/C15H10ClF3N4O2/c1-22-12(11(14(24)25)13(21-22)15(17,18)19)10-6-7-23(20-10)9-4-2-8(16)3-5-9/h2-7H,1H3,(H,24,25). The second-order valence-electron chi connectivity index (χ2n) is 5.12. The number of hydrogen-bond acceptors (Lipinski definition) is 3. The Kier molecular flexibility index (Phi) is 4.03. The van der Waals surface area contributed by atoms with Crippen molar-refractivity contribution < 1.29 is 23.1 Å². The molecule has 1 N–H and O–H groups in total. The van der Waals surface area contributed by atoms with Gasteiger partial charge in [0, 0.05) is 18.3 Å². The average Bonchev–Trinajstić information content (AvgIpc) is 3.11. The largest absolute Gasteiger partial charge is 0.478 e. The average molecular weight is 371 g/mol. The number of nitrogens with zero attached hydrogens (tertiary/aromatic N) is 4. The summed E-state index contributed by atoms with van der Waals surface area (Å²) in [4.78, 5) is 11.4. The summed E-state index contributed by atoms with van der Waals surface area (Å²) in [5.41, 5.74) is -1.95. The maximum absolute atomic E-state index is 13.0. The monoisotopic (exact) mass is 370 g/mol. The predicted molar refractivity (Wildman–Crippen MR) is 82.7 cm³/mol. The van der Waals surface area contributed by atoms with Crippen LogP contribution in [0.3, 0.4) is 0 Å². The molecule has 1 aromatic carbocycles. The van der Waals surface area contributed by atoms with E-state index in [0.717, 1.165) is 4.68 Å². The highest BCUT2D eigenvalue weighted by Crippen LogP contribution is 2.35. The van der Waals surface area contributed by atoms with Gasteiger partial charge >= 0.3 is 12.1 Å². The highest BCUT2D eigenvalue weighted by molar-refractivity contribution is 6.30. The quantitative estimate of drug-likeness (QED) is 0.764. The zero-order valence-electron chi connectivity index (χ0n) is 12.6. The summed E-state index contributed by atoms with van der Waals surface area (Å²) in [5, 5.41) is 17.2. The number of carbonyl (C=O) groups is 1. The molecule has 0 unspecified atom stereocenters. The van der Waals surface area contributed by atoms with Crippen molar-refractivity contribution in [3.05, 3.63) is 52.8 Å². The number of rotatable bonds is 3. The molecule has 25 heavy (non-hydrogen) atoms. The number of aryl methyl sites for hydroxylation is 1. The molecule has 0 amide bonds. The van der Waals surface area contributed by atoms with Crippen LogP contribution in [-0.4, -0.2) is 30.6 Å². The van der Waals surface area contributed by atoms with Gasteiger partial charge in [0.15, 0.2) is 5.69 Å². The van der Waals surface area contributed by atoms with Crippen molar-refractivity contribution >= 4 is 17.6 Å². The molecule has 10 heteroatoms. The van der Waals surface area contributed by atoms with Crippen LogP contribution in [-0.2, 0) is 13.2 Å². The van der Waals surface area contributed by atoms with E-state index in [-0.39, 0.29) is 11.4 Å². The molecule has 0 atom stereocenters. The van der Waals surface area contributed by atoms with Gasteiger partial charge < -0.3 is 5.11 Å². The van der Waals surface area contributed by atoms with Gasteiger partial charge in [0.25, 0.3) is 0 Å². The van der Waals surface area contributed by atoms with Crippen molar-refractivity contribution in [1.29, 1.82) is 0 Å². The highest BCUT2D eigenvalue weighted by atomic mass is 35.5. The third kappa shape index (κ3) is 3.10. The van der Waals surface area contributed by atoms with Gasteiger partial charge in [-0.1, -0.05) is 11.6 Å². The minimum absolute atomic E-state index is 0.0536. The summed E-state index contributed by atoms with van der Waals surface area (Å²) in [6.45, 7) is 0. The lowest BCUT2D eigenvalue weighted by atomic mass is 10.1. The number of halogens is 4. The Hall–Kier alpha value is -2.81. The van der Waals surface area contributed by atoms with Crippen LogP contribution in [0.15, 0.2) is 36.5 Å². The van der Waals surface area contributed by atoms with E-state index in [2.05, 4.69) is 10.2 Å². The Morgan fingerprint density at radius 1 is 1.16 bits per heavy atom. The summed E-state index contributed by atoms with van der Waals surface area (Å²) in [6, 6.07) is 8.01. The van der Waals surface area contributed by atoms with E-state index in [9.17, 15) is 23.1 Å². The van der Waals surface area contributed by atoms with E-state index in [1.165, 1.54) is 24.0 Å². The number of carboxylic acids is 1.